The smallest absolute Gasteiger partial charge is 0.376 e. The second-order valence-corrected chi connectivity index (χ2v) is 12.8. The maximum atomic E-state index is 12.4. The lowest BCUT2D eigenvalue weighted by atomic mass is 10.2. The molecule has 1 aromatic rings. The fourth-order valence-electron chi connectivity index (χ4n) is 1.55. The van der Waals surface area contributed by atoms with Crippen molar-refractivity contribution >= 4 is 39.3 Å². The zero-order valence-corrected chi connectivity index (χ0v) is 14.7. The molecule has 0 aliphatic heterocycles. The zero-order chi connectivity index (χ0) is 15.9. The van der Waals surface area contributed by atoms with Crippen LogP contribution in [-0.4, -0.2) is 22.0 Å². The normalized spacial score (nSPS) is 13.4. The van der Waals surface area contributed by atoms with Gasteiger partial charge < -0.3 is 4.18 Å². The molecule has 0 fully saturated rings. The highest BCUT2D eigenvalue weighted by Gasteiger charge is 2.49. The van der Waals surface area contributed by atoms with Crippen LogP contribution in [0.3, 0.4) is 0 Å². The molecule has 0 aliphatic rings. The molecule has 0 N–H and O–H groups in total. The van der Waals surface area contributed by atoms with E-state index in [4.69, 9.17) is 0 Å². The van der Waals surface area contributed by atoms with Crippen LogP contribution in [0, 0.1) is 6.92 Å². The average Bonchev–Trinajstić information content (AvgIpc) is 2.18. The van der Waals surface area contributed by atoms with Crippen LogP contribution < -0.4 is 9.37 Å². The van der Waals surface area contributed by atoms with E-state index in [-0.39, 0.29) is 5.75 Å². The molecule has 0 radical (unpaired) electrons. The molecule has 1 rings (SSSR count). The topological polar surface area (TPSA) is 43.4 Å². The lowest BCUT2D eigenvalue weighted by Crippen LogP contribution is -2.41. The summed E-state index contributed by atoms with van der Waals surface area (Å²) >= 11 is 3.25. The molecule has 0 amide bonds. The number of halogens is 4. The van der Waals surface area contributed by atoms with Gasteiger partial charge in [-0.05, 0) is 29.8 Å². The van der Waals surface area contributed by atoms with Gasteiger partial charge in [0.25, 0.3) is 0 Å². The molecule has 20 heavy (non-hydrogen) atoms. The summed E-state index contributed by atoms with van der Waals surface area (Å²) in [7, 11) is -7.75. The summed E-state index contributed by atoms with van der Waals surface area (Å²) in [6.07, 6.45) is 0. The Labute approximate surface area is 125 Å². The van der Waals surface area contributed by atoms with E-state index in [0.29, 0.717) is 15.2 Å². The molecule has 0 heterocycles. The van der Waals surface area contributed by atoms with E-state index in [2.05, 4.69) is 20.1 Å². The monoisotopic (exact) mass is 390 g/mol. The van der Waals surface area contributed by atoms with Crippen molar-refractivity contribution in [3.8, 4) is 5.75 Å². The van der Waals surface area contributed by atoms with E-state index < -0.39 is 23.7 Å². The molecule has 0 aliphatic carbocycles. The highest BCUT2D eigenvalue weighted by Crippen LogP contribution is 2.30. The van der Waals surface area contributed by atoms with Gasteiger partial charge in [-0.1, -0.05) is 35.6 Å². The standard InChI is InChI=1S/C11H14BrF3O3SSi/c1-7-5-8(12)6-9(20(2,3)4)10(7)18-19(16,17)11(13,14)15/h5-6H,1-4H3. The summed E-state index contributed by atoms with van der Waals surface area (Å²) < 4.78 is 64.8. The molecular formula is C11H14BrF3O3SSi. The Kier molecular flexibility index (Phi) is 4.67. The largest absolute Gasteiger partial charge is 0.534 e. The summed E-state index contributed by atoms with van der Waals surface area (Å²) in [6, 6.07) is 3.13. The van der Waals surface area contributed by atoms with Crippen molar-refractivity contribution in [1.82, 2.24) is 0 Å². The number of benzene rings is 1. The van der Waals surface area contributed by atoms with Gasteiger partial charge in [-0.2, -0.15) is 21.6 Å². The Morgan fingerprint density at radius 3 is 2.10 bits per heavy atom. The number of hydrogen-bond donors (Lipinski definition) is 0. The van der Waals surface area contributed by atoms with Crippen LogP contribution in [0.1, 0.15) is 5.56 Å². The van der Waals surface area contributed by atoms with Crippen molar-refractivity contribution in [2.75, 3.05) is 0 Å². The lowest BCUT2D eigenvalue weighted by Gasteiger charge is -2.23. The van der Waals surface area contributed by atoms with Gasteiger partial charge in [0.05, 0.1) is 8.07 Å². The van der Waals surface area contributed by atoms with Gasteiger partial charge in [0.15, 0.2) is 0 Å². The number of hydrogen-bond acceptors (Lipinski definition) is 3. The van der Waals surface area contributed by atoms with Gasteiger partial charge in [-0.3, -0.25) is 0 Å². The van der Waals surface area contributed by atoms with E-state index in [1.54, 1.807) is 6.07 Å². The van der Waals surface area contributed by atoms with Crippen LogP contribution in [-0.2, 0) is 10.1 Å². The van der Waals surface area contributed by atoms with Crippen LogP contribution >= 0.6 is 15.9 Å². The van der Waals surface area contributed by atoms with Crippen molar-refractivity contribution in [3.05, 3.63) is 22.2 Å². The molecule has 1 aromatic carbocycles. The summed E-state index contributed by atoms with van der Waals surface area (Å²) in [6.45, 7) is 7.18. The Bertz CT molecular complexity index is 621. The maximum Gasteiger partial charge on any atom is 0.534 e. The quantitative estimate of drug-likeness (QED) is 0.450. The fraction of sp³-hybridized carbons (Fsp3) is 0.455. The fourth-order valence-corrected chi connectivity index (χ4v) is 4.47. The number of aryl methyl sites for hydroxylation is 1. The van der Waals surface area contributed by atoms with Gasteiger partial charge >= 0.3 is 15.6 Å². The molecule has 0 saturated carbocycles. The first-order chi connectivity index (χ1) is 8.75. The summed E-state index contributed by atoms with van der Waals surface area (Å²) in [5.74, 6) is -0.218. The van der Waals surface area contributed by atoms with Gasteiger partial charge in [0, 0.05) is 4.47 Å². The van der Waals surface area contributed by atoms with Crippen LogP contribution in [0.2, 0.25) is 19.6 Å². The van der Waals surface area contributed by atoms with Crippen LogP contribution in [0.5, 0.6) is 5.75 Å². The molecule has 114 valence electrons. The first kappa shape index (κ1) is 17.5. The maximum absolute atomic E-state index is 12.4. The van der Waals surface area contributed by atoms with Crippen LogP contribution in [0.4, 0.5) is 13.2 Å². The minimum atomic E-state index is -5.66. The number of rotatable bonds is 3. The summed E-state index contributed by atoms with van der Waals surface area (Å²) in [5.41, 5.74) is -5.10. The minimum Gasteiger partial charge on any atom is -0.376 e. The first-order valence-electron chi connectivity index (χ1n) is 5.57. The van der Waals surface area contributed by atoms with Crippen molar-refractivity contribution in [3.63, 3.8) is 0 Å². The predicted octanol–water partition coefficient (Wildman–Crippen LogP) is 3.53. The minimum absolute atomic E-state index is 0.218. The van der Waals surface area contributed by atoms with Crippen LogP contribution in [0.15, 0.2) is 16.6 Å². The van der Waals surface area contributed by atoms with E-state index in [9.17, 15) is 21.6 Å². The highest BCUT2D eigenvalue weighted by atomic mass is 79.9. The average molecular weight is 391 g/mol. The SMILES string of the molecule is Cc1cc(Br)cc([Si](C)(C)C)c1OS(=O)(=O)C(F)(F)F. The zero-order valence-electron chi connectivity index (χ0n) is 11.3. The lowest BCUT2D eigenvalue weighted by molar-refractivity contribution is -0.0499. The molecule has 9 heteroatoms. The van der Waals surface area contributed by atoms with E-state index >= 15 is 0 Å². The van der Waals surface area contributed by atoms with Crippen LogP contribution in [0.25, 0.3) is 0 Å². The molecule has 0 unspecified atom stereocenters. The number of alkyl halides is 3. The van der Waals surface area contributed by atoms with Crippen molar-refractivity contribution < 1.29 is 25.8 Å². The molecule has 0 bridgehead atoms. The van der Waals surface area contributed by atoms with Crippen molar-refractivity contribution in [2.24, 2.45) is 0 Å². The van der Waals surface area contributed by atoms with Gasteiger partial charge in [-0.15, -0.1) is 0 Å². The van der Waals surface area contributed by atoms with Gasteiger partial charge in [0.2, 0.25) is 0 Å². The Balaban J connectivity index is 3.47. The Hall–Kier alpha value is -0.543. The third-order valence-corrected chi connectivity index (χ3v) is 5.92. The molecule has 0 spiro atoms. The second-order valence-electron chi connectivity index (χ2n) is 5.33. The third-order valence-electron chi connectivity index (χ3n) is 2.52. The van der Waals surface area contributed by atoms with Crippen molar-refractivity contribution in [2.45, 2.75) is 32.1 Å². The molecule has 3 nitrogen and oxygen atoms in total. The molecule has 0 atom stereocenters. The highest BCUT2D eigenvalue weighted by molar-refractivity contribution is 9.10. The summed E-state index contributed by atoms with van der Waals surface area (Å²) in [4.78, 5) is 0. The van der Waals surface area contributed by atoms with Crippen molar-refractivity contribution in [1.29, 1.82) is 0 Å². The molecule has 0 saturated heterocycles. The first-order valence-corrected chi connectivity index (χ1v) is 11.3. The van der Waals surface area contributed by atoms with E-state index in [0.717, 1.165) is 0 Å². The third kappa shape index (κ3) is 3.76. The molecular weight excluding hydrogens is 377 g/mol. The second kappa shape index (κ2) is 5.34. The van der Waals surface area contributed by atoms with E-state index in [1.807, 2.05) is 19.6 Å². The van der Waals surface area contributed by atoms with E-state index in [1.165, 1.54) is 13.0 Å². The Morgan fingerprint density at radius 1 is 1.20 bits per heavy atom. The van der Waals surface area contributed by atoms with Gasteiger partial charge in [0.1, 0.15) is 5.75 Å². The Morgan fingerprint density at radius 2 is 1.70 bits per heavy atom. The summed E-state index contributed by atoms with van der Waals surface area (Å²) in [5, 5.41) is 0.511. The molecule has 0 aromatic heterocycles. The predicted molar refractivity (Wildman–Crippen MR) is 77.5 cm³/mol. The van der Waals surface area contributed by atoms with Gasteiger partial charge in [-0.25, -0.2) is 0 Å².